The normalized spacial score (nSPS) is 17.2. The molecule has 0 radical (unpaired) electrons. The Hall–Kier alpha value is -2.95. The van der Waals surface area contributed by atoms with Crippen molar-refractivity contribution in [3.05, 3.63) is 76.3 Å². The van der Waals surface area contributed by atoms with E-state index >= 15 is 0 Å². The lowest BCUT2D eigenvalue weighted by molar-refractivity contribution is 0.0600. The van der Waals surface area contributed by atoms with E-state index in [4.69, 9.17) is 0 Å². The molecule has 5 heteroatoms. The summed E-state index contributed by atoms with van der Waals surface area (Å²) in [6.07, 6.45) is 6.58. The highest BCUT2D eigenvalue weighted by Gasteiger charge is 2.28. The first-order valence-electron chi connectivity index (χ1n) is 9.55. The Morgan fingerprint density at radius 2 is 2.00 bits per heavy atom. The maximum Gasteiger partial charge on any atom is 0.261 e. The van der Waals surface area contributed by atoms with Crippen molar-refractivity contribution in [2.24, 2.45) is 0 Å². The van der Waals surface area contributed by atoms with E-state index in [2.05, 4.69) is 9.97 Å². The molecule has 1 saturated heterocycles. The van der Waals surface area contributed by atoms with Crippen LogP contribution >= 0.6 is 0 Å². The van der Waals surface area contributed by atoms with Gasteiger partial charge < -0.3 is 9.88 Å². The number of fused-ring (bicyclic) bond motifs is 1. The van der Waals surface area contributed by atoms with E-state index in [9.17, 15) is 9.59 Å². The minimum atomic E-state index is -0.312. The van der Waals surface area contributed by atoms with Crippen LogP contribution in [0, 0.1) is 0 Å². The molecule has 5 nitrogen and oxygen atoms in total. The number of aromatic amines is 1. The lowest BCUT2D eigenvalue weighted by Gasteiger charge is -2.35. The van der Waals surface area contributed by atoms with E-state index in [1.54, 1.807) is 12.3 Å². The zero-order valence-electron chi connectivity index (χ0n) is 15.2. The molecule has 1 atom stereocenters. The number of amides is 1. The fourth-order valence-corrected chi connectivity index (χ4v) is 3.89. The number of hydrogen-bond donors (Lipinski definition) is 1. The Morgan fingerprint density at radius 3 is 2.85 bits per heavy atom. The number of aromatic nitrogens is 2. The van der Waals surface area contributed by atoms with Gasteiger partial charge in [-0.1, -0.05) is 24.3 Å². The van der Waals surface area contributed by atoms with Crippen LogP contribution in [-0.4, -0.2) is 33.4 Å². The number of likely N-dealkylation sites (tertiary alicyclic amines) is 1. The monoisotopic (exact) mass is 361 g/mol. The second-order valence-electron chi connectivity index (χ2n) is 7.11. The largest absolute Gasteiger partial charge is 0.335 e. The van der Waals surface area contributed by atoms with Gasteiger partial charge in [0.2, 0.25) is 0 Å². The number of H-pyrrole nitrogens is 1. The predicted octanol–water partition coefficient (Wildman–Crippen LogP) is 3.55. The molecule has 0 spiro atoms. The Balaban J connectivity index is 1.57. The maximum absolute atomic E-state index is 13.2. The van der Waals surface area contributed by atoms with Gasteiger partial charge in [0.05, 0.1) is 0 Å². The Morgan fingerprint density at radius 1 is 1.15 bits per heavy atom. The highest BCUT2D eigenvalue weighted by molar-refractivity contribution is 5.97. The number of carbonyl (C=O) groups is 1. The number of pyridine rings is 2. The molecule has 1 N–H and O–H groups in total. The zero-order valence-corrected chi connectivity index (χ0v) is 15.2. The molecule has 0 saturated carbocycles. The first-order chi connectivity index (χ1) is 13.2. The second-order valence-corrected chi connectivity index (χ2v) is 7.11. The fourth-order valence-electron chi connectivity index (χ4n) is 3.89. The zero-order chi connectivity index (χ0) is 18.6. The molecule has 1 aliphatic heterocycles. The van der Waals surface area contributed by atoms with Gasteiger partial charge in [0.15, 0.2) is 0 Å². The van der Waals surface area contributed by atoms with Crippen LogP contribution in [0.15, 0.2) is 59.5 Å². The minimum absolute atomic E-state index is 0.152. The van der Waals surface area contributed by atoms with Gasteiger partial charge in [-0.05, 0) is 61.8 Å². The number of carbonyl (C=O) groups excluding carboxylic acids is 1. The number of piperidine rings is 1. The summed E-state index contributed by atoms with van der Waals surface area (Å²) < 4.78 is 0. The summed E-state index contributed by atoms with van der Waals surface area (Å²) in [5.74, 6) is -0.160. The lowest BCUT2D eigenvalue weighted by Crippen LogP contribution is -2.45. The smallest absolute Gasteiger partial charge is 0.261 e. The van der Waals surface area contributed by atoms with Crippen molar-refractivity contribution in [3.63, 3.8) is 0 Å². The van der Waals surface area contributed by atoms with Gasteiger partial charge in [0.1, 0.15) is 5.56 Å². The van der Waals surface area contributed by atoms with Gasteiger partial charge in [0.25, 0.3) is 11.5 Å². The molecule has 0 aliphatic carbocycles. The molecular weight excluding hydrogens is 338 g/mol. The molecule has 1 amide bonds. The summed E-state index contributed by atoms with van der Waals surface area (Å²) in [6.45, 7) is 0.706. The van der Waals surface area contributed by atoms with E-state index < -0.39 is 0 Å². The van der Waals surface area contributed by atoms with Crippen LogP contribution in [0.25, 0.3) is 10.9 Å². The van der Waals surface area contributed by atoms with Gasteiger partial charge in [-0.3, -0.25) is 14.6 Å². The summed E-state index contributed by atoms with van der Waals surface area (Å²) in [5, 5.41) is 0.877. The molecule has 1 unspecified atom stereocenters. The van der Waals surface area contributed by atoms with Crippen molar-refractivity contribution in [2.75, 3.05) is 6.54 Å². The van der Waals surface area contributed by atoms with Crippen molar-refractivity contribution < 1.29 is 4.79 Å². The predicted molar refractivity (Wildman–Crippen MR) is 106 cm³/mol. The average molecular weight is 361 g/mol. The molecule has 1 aliphatic rings. The number of nitrogens with zero attached hydrogens (tertiary/aromatic N) is 2. The standard InChI is InChI=1S/C22H23N3O2/c26-21-19(15-16-7-1-2-10-20(16)24-21)22(27)25-14-6-4-9-18(25)12-11-17-8-3-5-13-23-17/h1-3,5,7-8,10,13,15,18H,4,6,9,11-12,14H2,(H,24,26). The molecule has 138 valence electrons. The van der Waals surface area contributed by atoms with E-state index in [-0.39, 0.29) is 23.1 Å². The summed E-state index contributed by atoms with van der Waals surface area (Å²) in [7, 11) is 0. The third-order valence-electron chi connectivity index (χ3n) is 5.33. The Kier molecular flexibility index (Phi) is 5.01. The van der Waals surface area contributed by atoms with Crippen molar-refractivity contribution in [1.82, 2.24) is 14.9 Å². The highest BCUT2D eigenvalue weighted by Crippen LogP contribution is 2.23. The van der Waals surface area contributed by atoms with Crippen molar-refractivity contribution in [2.45, 2.75) is 38.1 Å². The molecule has 3 aromatic rings. The van der Waals surface area contributed by atoms with Crippen molar-refractivity contribution >= 4 is 16.8 Å². The molecule has 4 rings (SSSR count). The number of nitrogens with one attached hydrogen (secondary N) is 1. The third kappa shape index (κ3) is 3.77. The quantitative estimate of drug-likeness (QED) is 0.773. The van der Waals surface area contributed by atoms with Gasteiger partial charge in [-0.25, -0.2) is 0 Å². The van der Waals surface area contributed by atoms with Crippen molar-refractivity contribution in [3.8, 4) is 0 Å². The molecule has 2 aromatic heterocycles. The molecule has 27 heavy (non-hydrogen) atoms. The van der Waals surface area contributed by atoms with Crippen LogP contribution in [0.1, 0.15) is 41.7 Å². The topological polar surface area (TPSA) is 66.1 Å². The van der Waals surface area contributed by atoms with E-state index in [1.807, 2.05) is 47.4 Å². The summed E-state index contributed by atoms with van der Waals surface area (Å²) in [4.78, 5) is 34.8. The average Bonchev–Trinajstić information content (AvgIpc) is 2.72. The lowest BCUT2D eigenvalue weighted by atomic mass is 9.96. The summed E-state index contributed by atoms with van der Waals surface area (Å²) >= 11 is 0. The van der Waals surface area contributed by atoms with Crippen LogP contribution in [-0.2, 0) is 6.42 Å². The number of hydrogen-bond acceptors (Lipinski definition) is 3. The Bertz CT molecular complexity index is 997. The third-order valence-corrected chi connectivity index (χ3v) is 5.33. The molecular formula is C22H23N3O2. The van der Waals surface area contributed by atoms with Gasteiger partial charge in [0, 0.05) is 30.0 Å². The summed E-state index contributed by atoms with van der Waals surface area (Å²) in [6, 6.07) is 15.3. The summed E-state index contributed by atoms with van der Waals surface area (Å²) in [5.41, 5.74) is 1.72. The molecule has 3 heterocycles. The van der Waals surface area contributed by atoms with Crippen LogP contribution in [0.2, 0.25) is 0 Å². The van der Waals surface area contributed by atoms with Crippen LogP contribution in [0.5, 0.6) is 0 Å². The maximum atomic E-state index is 13.2. The number of aryl methyl sites for hydroxylation is 1. The van der Waals surface area contributed by atoms with Gasteiger partial charge in [-0.15, -0.1) is 0 Å². The van der Waals surface area contributed by atoms with Crippen LogP contribution < -0.4 is 5.56 Å². The second kappa shape index (κ2) is 7.74. The first kappa shape index (κ1) is 17.5. The van der Waals surface area contributed by atoms with E-state index in [0.717, 1.165) is 48.7 Å². The molecule has 1 fully saturated rings. The molecule has 1 aromatic carbocycles. The number of benzene rings is 1. The van der Waals surface area contributed by atoms with Gasteiger partial charge >= 0.3 is 0 Å². The first-order valence-corrected chi connectivity index (χ1v) is 9.55. The van der Waals surface area contributed by atoms with Crippen LogP contribution in [0.4, 0.5) is 0 Å². The highest BCUT2D eigenvalue weighted by atomic mass is 16.2. The van der Waals surface area contributed by atoms with Crippen LogP contribution in [0.3, 0.4) is 0 Å². The SMILES string of the molecule is O=C(c1cc2ccccc2[nH]c1=O)N1CCCCC1CCc1ccccn1. The van der Waals surface area contributed by atoms with E-state index in [0.29, 0.717) is 6.54 Å². The fraction of sp³-hybridized carbons (Fsp3) is 0.318. The van der Waals surface area contributed by atoms with E-state index in [1.165, 1.54) is 0 Å². The minimum Gasteiger partial charge on any atom is -0.335 e. The van der Waals surface area contributed by atoms with Gasteiger partial charge in [-0.2, -0.15) is 0 Å². The molecule has 0 bridgehead atoms. The Labute approximate surface area is 158 Å². The van der Waals surface area contributed by atoms with Crippen molar-refractivity contribution in [1.29, 1.82) is 0 Å². The number of rotatable bonds is 4. The number of para-hydroxylation sites is 1.